The summed E-state index contributed by atoms with van der Waals surface area (Å²) in [6, 6.07) is 0.923. The Morgan fingerprint density at radius 2 is 1.84 bits per heavy atom. The molecular weight excluding hydrogens is 376 g/mol. The Morgan fingerprint density at radius 3 is 2.37 bits per heavy atom. The van der Waals surface area contributed by atoms with Crippen molar-refractivity contribution in [3.05, 3.63) is 9.47 Å². The molecule has 0 aromatic carbocycles. The lowest BCUT2D eigenvalue weighted by atomic mass is 10.2. The fourth-order valence-electron chi connectivity index (χ4n) is 2.85. The Morgan fingerprint density at radius 1 is 1.21 bits per heavy atom. The Labute approximate surface area is 129 Å². The zero-order chi connectivity index (χ0) is 13.4. The van der Waals surface area contributed by atoms with Crippen LogP contribution in [-0.2, 0) is 11.3 Å². The quantitative estimate of drug-likeness (QED) is 0.792. The number of nitrogens with zero attached hydrogens (tertiary/aromatic N) is 4. The van der Waals surface area contributed by atoms with Crippen molar-refractivity contribution in [2.45, 2.75) is 57.2 Å². The SMILES string of the molecule is O=C(Cn1nc(Br)nc1Br)N(C1CCCC1)C1CC1. The highest BCUT2D eigenvalue weighted by Gasteiger charge is 2.38. The molecule has 1 heterocycles. The number of halogens is 2. The molecule has 2 aliphatic carbocycles. The van der Waals surface area contributed by atoms with Gasteiger partial charge in [0, 0.05) is 12.1 Å². The van der Waals surface area contributed by atoms with Crippen LogP contribution in [0.1, 0.15) is 38.5 Å². The third kappa shape index (κ3) is 3.02. The van der Waals surface area contributed by atoms with Crippen molar-refractivity contribution in [1.82, 2.24) is 19.7 Å². The van der Waals surface area contributed by atoms with Crippen LogP contribution in [0.15, 0.2) is 9.47 Å². The smallest absolute Gasteiger partial charge is 0.244 e. The lowest BCUT2D eigenvalue weighted by molar-refractivity contribution is -0.135. The summed E-state index contributed by atoms with van der Waals surface area (Å²) in [5.41, 5.74) is 0. The molecular formula is C12H16Br2N4O. The Bertz CT molecular complexity index is 480. The first-order valence-corrected chi connectivity index (χ1v) is 8.31. The van der Waals surface area contributed by atoms with Crippen LogP contribution in [0.5, 0.6) is 0 Å². The van der Waals surface area contributed by atoms with Crippen molar-refractivity contribution in [2.75, 3.05) is 0 Å². The highest BCUT2D eigenvalue weighted by Crippen LogP contribution is 2.34. The molecule has 2 fully saturated rings. The van der Waals surface area contributed by atoms with Crippen molar-refractivity contribution in [3.63, 3.8) is 0 Å². The molecule has 19 heavy (non-hydrogen) atoms. The van der Waals surface area contributed by atoms with E-state index in [2.05, 4.69) is 46.8 Å². The van der Waals surface area contributed by atoms with Crippen molar-refractivity contribution in [2.24, 2.45) is 0 Å². The molecule has 2 saturated carbocycles. The van der Waals surface area contributed by atoms with Crippen LogP contribution < -0.4 is 0 Å². The van der Waals surface area contributed by atoms with Gasteiger partial charge in [-0.15, -0.1) is 5.10 Å². The first kappa shape index (κ1) is 13.5. The molecule has 0 spiro atoms. The van der Waals surface area contributed by atoms with Crippen LogP contribution >= 0.6 is 31.9 Å². The summed E-state index contributed by atoms with van der Waals surface area (Å²) in [6.45, 7) is 0.270. The second kappa shape index (κ2) is 5.52. The minimum atomic E-state index is 0.174. The van der Waals surface area contributed by atoms with Gasteiger partial charge in [0.05, 0.1) is 0 Å². The topological polar surface area (TPSA) is 51.0 Å². The van der Waals surface area contributed by atoms with Crippen LogP contribution in [0.4, 0.5) is 0 Å². The molecule has 0 bridgehead atoms. The van der Waals surface area contributed by atoms with Crippen molar-refractivity contribution in [1.29, 1.82) is 0 Å². The maximum Gasteiger partial charge on any atom is 0.244 e. The summed E-state index contributed by atoms with van der Waals surface area (Å²) in [7, 11) is 0. The van der Waals surface area contributed by atoms with Crippen LogP contribution in [0, 0.1) is 0 Å². The van der Waals surface area contributed by atoms with Gasteiger partial charge in [-0.05, 0) is 57.5 Å². The molecule has 7 heteroatoms. The summed E-state index contributed by atoms with van der Waals surface area (Å²) in [5.74, 6) is 0.174. The number of carbonyl (C=O) groups excluding carboxylic acids is 1. The minimum absolute atomic E-state index is 0.174. The second-order valence-electron chi connectivity index (χ2n) is 5.28. The first-order valence-electron chi connectivity index (χ1n) is 6.72. The number of carbonyl (C=O) groups is 1. The van der Waals surface area contributed by atoms with Gasteiger partial charge in [-0.3, -0.25) is 4.79 Å². The zero-order valence-electron chi connectivity index (χ0n) is 10.6. The van der Waals surface area contributed by atoms with Gasteiger partial charge in [-0.1, -0.05) is 12.8 Å². The van der Waals surface area contributed by atoms with Crippen LogP contribution in [0.25, 0.3) is 0 Å². The van der Waals surface area contributed by atoms with Gasteiger partial charge in [0.15, 0.2) is 4.73 Å². The average Bonchev–Trinajstić information content (AvgIpc) is 2.92. The Hall–Kier alpha value is -0.430. The first-order chi connectivity index (χ1) is 9.15. The third-order valence-corrected chi connectivity index (χ3v) is 4.75. The van der Waals surface area contributed by atoms with Gasteiger partial charge in [-0.25, -0.2) is 4.68 Å². The predicted molar refractivity (Wildman–Crippen MR) is 77.5 cm³/mol. The van der Waals surface area contributed by atoms with E-state index in [0.29, 0.717) is 21.6 Å². The van der Waals surface area contributed by atoms with E-state index in [0.717, 1.165) is 25.7 Å². The molecule has 3 rings (SSSR count). The number of amides is 1. The number of rotatable bonds is 4. The molecule has 0 unspecified atom stereocenters. The summed E-state index contributed by atoms with van der Waals surface area (Å²) < 4.78 is 2.71. The second-order valence-corrected chi connectivity index (χ2v) is 6.70. The molecule has 0 atom stereocenters. The number of aromatic nitrogens is 3. The molecule has 1 amide bonds. The molecule has 104 valence electrons. The fraction of sp³-hybridized carbons (Fsp3) is 0.750. The van der Waals surface area contributed by atoms with Gasteiger partial charge in [0.25, 0.3) is 0 Å². The summed E-state index contributed by atoms with van der Waals surface area (Å²) >= 11 is 6.54. The standard InChI is InChI=1S/C12H16Br2N4O/c13-11-15-12(14)17(16-11)7-10(19)18(9-5-6-9)8-3-1-2-4-8/h8-9H,1-7H2. The molecule has 0 saturated heterocycles. The summed E-state index contributed by atoms with van der Waals surface area (Å²) in [4.78, 5) is 18.8. The minimum Gasteiger partial charge on any atom is -0.335 e. The maximum atomic E-state index is 12.5. The van der Waals surface area contributed by atoms with E-state index in [1.165, 1.54) is 12.8 Å². The van der Waals surface area contributed by atoms with Crippen molar-refractivity contribution < 1.29 is 4.79 Å². The average molecular weight is 392 g/mol. The highest BCUT2D eigenvalue weighted by atomic mass is 79.9. The van der Waals surface area contributed by atoms with E-state index in [4.69, 9.17) is 0 Å². The largest absolute Gasteiger partial charge is 0.335 e. The van der Waals surface area contributed by atoms with E-state index in [-0.39, 0.29) is 12.5 Å². The zero-order valence-corrected chi connectivity index (χ0v) is 13.7. The van der Waals surface area contributed by atoms with E-state index >= 15 is 0 Å². The number of hydrogen-bond donors (Lipinski definition) is 0. The monoisotopic (exact) mass is 390 g/mol. The normalized spacial score (nSPS) is 19.9. The maximum absolute atomic E-state index is 12.5. The van der Waals surface area contributed by atoms with Gasteiger partial charge >= 0.3 is 0 Å². The lowest BCUT2D eigenvalue weighted by Gasteiger charge is -2.29. The van der Waals surface area contributed by atoms with Crippen molar-refractivity contribution in [3.8, 4) is 0 Å². The van der Waals surface area contributed by atoms with E-state index in [1.807, 2.05) is 0 Å². The van der Waals surface area contributed by atoms with Crippen molar-refractivity contribution >= 4 is 37.8 Å². The Kier molecular flexibility index (Phi) is 3.93. The molecule has 0 N–H and O–H groups in total. The molecule has 5 nitrogen and oxygen atoms in total. The van der Waals surface area contributed by atoms with E-state index in [1.54, 1.807) is 4.68 Å². The van der Waals surface area contributed by atoms with Crippen LogP contribution in [0.3, 0.4) is 0 Å². The summed E-state index contributed by atoms with van der Waals surface area (Å²) in [6.07, 6.45) is 7.13. The molecule has 0 radical (unpaired) electrons. The molecule has 1 aromatic rings. The highest BCUT2D eigenvalue weighted by molar-refractivity contribution is 9.11. The van der Waals surface area contributed by atoms with Crippen LogP contribution in [-0.4, -0.2) is 37.7 Å². The lowest BCUT2D eigenvalue weighted by Crippen LogP contribution is -2.42. The van der Waals surface area contributed by atoms with E-state index in [9.17, 15) is 4.79 Å². The molecule has 1 aromatic heterocycles. The predicted octanol–water partition coefficient (Wildman–Crippen LogP) is 2.74. The molecule has 2 aliphatic rings. The fourth-order valence-corrected chi connectivity index (χ4v) is 3.82. The Balaban J connectivity index is 1.71. The van der Waals surface area contributed by atoms with Gasteiger partial charge in [0.2, 0.25) is 10.6 Å². The third-order valence-electron chi connectivity index (χ3n) is 3.83. The summed E-state index contributed by atoms with van der Waals surface area (Å²) in [5, 5.41) is 4.17. The van der Waals surface area contributed by atoms with Crippen LogP contribution in [0.2, 0.25) is 0 Å². The van der Waals surface area contributed by atoms with Gasteiger partial charge < -0.3 is 4.90 Å². The molecule has 0 aliphatic heterocycles. The van der Waals surface area contributed by atoms with E-state index < -0.39 is 0 Å². The number of hydrogen-bond acceptors (Lipinski definition) is 3. The van der Waals surface area contributed by atoms with Gasteiger partial charge in [0.1, 0.15) is 6.54 Å². The van der Waals surface area contributed by atoms with Gasteiger partial charge in [-0.2, -0.15) is 4.98 Å².